The molecule has 0 aromatic heterocycles. The van der Waals surface area contributed by atoms with Gasteiger partial charge in [0, 0.05) is 34.0 Å². The van der Waals surface area contributed by atoms with Crippen LogP contribution >= 0.6 is 23.2 Å². The van der Waals surface area contributed by atoms with Gasteiger partial charge in [0.2, 0.25) is 11.8 Å². The van der Waals surface area contributed by atoms with Crippen LogP contribution in [0, 0.1) is 0 Å². The molecule has 2 amide bonds. The second-order valence-electron chi connectivity index (χ2n) is 5.92. The average molecular weight is 419 g/mol. The second-order valence-corrected chi connectivity index (χ2v) is 6.74. The van der Waals surface area contributed by atoms with Crippen LogP contribution in [0.25, 0.3) is 0 Å². The smallest absolute Gasteiger partial charge is 0.240 e. The largest absolute Gasteiger partial charge is 0.273 e. The third kappa shape index (κ3) is 6.48. The first-order valence-corrected chi connectivity index (χ1v) is 9.30. The fourth-order valence-electron chi connectivity index (χ4n) is 2.26. The summed E-state index contributed by atoms with van der Waals surface area (Å²) in [6.07, 6.45) is -0.0441. The Morgan fingerprint density at radius 3 is 1.46 bits per heavy atom. The Labute approximate surface area is 173 Å². The van der Waals surface area contributed by atoms with Gasteiger partial charge in [-0.15, -0.1) is 0 Å². The zero-order valence-corrected chi connectivity index (χ0v) is 17.0. The summed E-state index contributed by atoms with van der Waals surface area (Å²) in [5.41, 5.74) is 7.44. The molecule has 2 N–H and O–H groups in total. The molecule has 8 heteroatoms. The van der Waals surface area contributed by atoms with Gasteiger partial charge in [0.1, 0.15) is 0 Å². The predicted octanol–water partition coefficient (Wildman–Crippen LogP) is 4.15. The molecule has 6 nitrogen and oxygen atoms in total. The van der Waals surface area contributed by atoms with Crippen molar-refractivity contribution in [3.8, 4) is 0 Å². The fourth-order valence-corrected chi connectivity index (χ4v) is 2.81. The molecule has 0 heterocycles. The van der Waals surface area contributed by atoms with Gasteiger partial charge in [-0.1, -0.05) is 59.6 Å². The van der Waals surface area contributed by atoms with Crippen LogP contribution in [0.2, 0.25) is 10.0 Å². The van der Waals surface area contributed by atoms with Crippen molar-refractivity contribution in [1.29, 1.82) is 0 Å². The molecule has 0 aliphatic carbocycles. The van der Waals surface area contributed by atoms with Crippen LogP contribution in [0.3, 0.4) is 0 Å². The third-order valence-corrected chi connectivity index (χ3v) is 4.46. The number of nitrogens with zero attached hydrogens (tertiary/aromatic N) is 2. The molecule has 2 aromatic rings. The minimum atomic E-state index is -0.381. The fraction of sp³-hybridized carbons (Fsp3) is 0.200. The lowest BCUT2D eigenvalue weighted by Crippen LogP contribution is -2.24. The first-order chi connectivity index (χ1) is 13.4. The lowest BCUT2D eigenvalue weighted by atomic mass is 10.1. The van der Waals surface area contributed by atoms with E-state index in [1.54, 1.807) is 38.1 Å². The maximum absolute atomic E-state index is 11.9. The molecular formula is C20H20Cl2N4O2. The Morgan fingerprint density at radius 2 is 1.11 bits per heavy atom. The van der Waals surface area contributed by atoms with E-state index < -0.39 is 0 Å². The Kier molecular flexibility index (Phi) is 8.17. The van der Waals surface area contributed by atoms with Gasteiger partial charge in [-0.05, 0) is 26.0 Å². The van der Waals surface area contributed by atoms with E-state index >= 15 is 0 Å². The summed E-state index contributed by atoms with van der Waals surface area (Å²) in [5, 5.41) is 9.12. The number of hydrazone groups is 2. The van der Waals surface area contributed by atoms with Crippen LogP contribution in [0.4, 0.5) is 0 Å². The van der Waals surface area contributed by atoms with E-state index in [1.165, 1.54) is 0 Å². The zero-order valence-electron chi connectivity index (χ0n) is 15.5. The SMILES string of the molecule is C/C(=N\NC(=O)CCC(=O)N/N=C(\C)c1ccccc1Cl)c1ccccc1Cl. The molecule has 0 atom stereocenters. The molecule has 0 aliphatic heterocycles. The van der Waals surface area contributed by atoms with Crippen molar-refractivity contribution in [3.63, 3.8) is 0 Å². The van der Waals surface area contributed by atoms with Gasteiger partial charge in [0.15, 0.2) is 0 Å². The molecule has 0 saturated carbocycles. The zero-order chi connectivity index (χ0) is 20.5. The quantitative estimate of drug-likeness (QED) is 0.522. The van der Waals surface area contributed by atoms with Gasteiger partial charge < -0.3 is 0 Å². The Hall–Kier alpha value is -2.70. The van der Waals surface area contributed by atoms with Crippen LogP contribution < -0.4 is 10.9 Å². The topological polar surface area (TPSA) is 82.9 Å². The van der Waals surface area contributed by atoms with E-state index in [-0.39, 0.29) is 24.7 Å². The number of nitrogens with one attached hydrogen (secondary N) is 2. The highest BCUT2D eigenvalue weighted by Crippen LogP contribution is 2.16. The molecule has 0 spiro atoms. The number of amides is 2. The van der Waals surface area contributed by atoms with E-state index in [1.807, 2.05) is 24.3 Å². The van der Waals surface area contributed by atoms with Crippen molar-refractivity contribution < 1.29 is 9.59 Å². The molecule has 28 heavy (non-hydrogen) atoms. The lowest BCUT2D eigenvalue weighted by molar-refractivity contribution is -0.126. The van der Waals surface area contributed by atoms with E-state index in [0.717, 1.165) is 11.1 Å². The van der Waals surface area contributed by atoms with E-state index in [0.29, 0.717) is 21.5 Å². The van der Waals surface area contributed by atoms with Crippen LogP contribution in [0.5, 0.6) is 0 Å². The van der Waals surface area contributed by atoms with Crippen molar-refractivity contribution in [3.05, 3.63) is 69.7 Å². The molecule has 146 valence electrons. The molecule has 0 saturated heterocycles. The van der Waals surface area contributed by atoms with Crippen LogP contribution in [-0.2, 0) is 9.59 Å². The van der Waals surface area contributed by atoms with E-state index in [9.17, 15) is 9.59 Å². The summed E-state index contributed by atoms with van der Waals surface area (Å²) in [5.74, 6) is -0.762. The molecule has 0 radical (unpaired) electrons. The summed E-state index contributed by atoms with van der Waals surface area (Å²) in [6, 6.07) is 14.4. The van der Waals surface area contributed by atoms with Gasteiger partial charge in [0.25, 0.3) is 0 Å². The summed E-state index contributed by atoms with van der Waals surface area (Å²) in [4.78, 5) is 23.8. The maximum Gasteiger partial charge on any atom is 0.240 e. The van der Waals surface area contributed by atoms with E-state index in [4.69, 9.17) is 23.2 Å². The summed E-state index contributed by atoms with van der Waals surface area (Å²) >= 11 is 12.2. The first-order valence-electron chi connectivity index (χ1n) is 8.54. The molecule has 0 fully saturated rings. The number of hydrogen-bond donors (Lipinski definition) is 2. The molecule has 0 unspecified atom stereocenters. The standard InChI is InChI=1S/C20H20Cl2N4O2/c1-13(15-7-3-5-9-17(15)21)23-25-19(27)11-12-20(28)26-24-14(2)16-8-4-6-10-18(16)22/h3-10H,11-12H2,1-2H3,(H,25,27)(H,26,28)/b23-13+,24-14+. The molecule has 2 aromatic carbocycles. The Bertz CT molecular complexity index is 850. The van der Waals surface area contributed by atoms with Crippen LogP contribution in [-0.4, -0.2) is 23.2 Å². The van der Waals surface area contributed by atoms with Crippen molar-refractivity contribution in [2.75, 3.05) is 0 Å². The van der Waals surface area contributed by atoms with Gasteiger partial charge in [-0.2, -0.15) is 10.2 Å². The minimum absolute atomic E-state index is 0.0220. The van der Waals surface area contributed by atoms with Gasteiger partial charge in [0.05, 0.1) is 11.4 Å². The highest BCUT2D eigenvalue weighted by atomic mass is 35.5. The highest BCUT2D eigenvalue weighted by molar-refractivity contribution is 6.34. The molecule has 2 rings (SSSR count). The van der Waals surface area contributed by atoms with Gasteiger partial charge in [-0.25, -0.2) is 10.9 Å². The highest BCUT2D eigenvalue weighted by Gasteiger charge is 2.08. The van der Waals surface area contributed by atoms with Crippen molar-refractivity contribution in [2.24, 2.45) is 10.2 Å². The van der Waals surface area contributed by atoms with Crippen molar-refractivity contribution >= 4 is 46.4 Å². The lowest BCUT2D eigenvalue weighted by Gasteiger charge is -2.05. The number of carbonyl (C=O) groups is 2. The number of benzene rings is 2. The number of halogens is 2. The normalized spacial score (nSPS) is 11.9. The number of hydrogen-bond acceptors (Lipinski definition) is 4. The van der Waals surface area contributed by atoms with Crippen LogP contribution in [0.15, 0.2) is 58.7 Å². The van der Waals surface area contributed by atoms with Gasteiger partial charge >= 0.3 is 0 Å². The summed E-state index contributed by atoms with van der Waals surface area (Å²) in [6.45, 7) is 3.47. The third-order valence-electron chi connectivity index (χ3n) is 3.80. The monoisotopic (exact) mass is 418 g/mol. The number of carbonyl (C=O) groups excluding carboxylic acids is 2. The van der Waals surface area contributed by atoms with Gasteiger partial charge in [-0.3, -0.25) is 9.59 Å². The molecular weight excluding hydrogens is 399 g/mol. The Balaban J connectivity index is 1.82. The van der Waals surface area contributed by atoms with E-state index in [2.05, 4.69) is 21.1 Å². The Morgan fingerprint density at radius 1 is 0.750 bits per heavy atom. The second kappa shape index (κ2) is 10.6. The first kappa shape index (κ1) is 21.6. The maximum atomic E-state index is 11.9. The molecule has 0 bridgehead atoms. The average Bonchev–Trinajstić information content (AvgIpc) is 2.69. The van der Waals surface area contributed by atoms with Crippen molar-refractivity contribution in [1.82, 2.24) is 10.9 Å². The van der Waals surface area contributed by atoms with Crippen LogP contribution in [0.1, 0.15) is 37.8 Å². The molecule has 0 aliphatic rings. The number of rotatable bonds is 7. The minimum Gasteiger partial charge on any atom is -0.273 e. The van der Waals surface area contributed by atoms with Crippen molar-refractivity contribution in [2.45, 2.75) is 26.7 Å². The summed E-state index contributed by atoms with van der Waals surface area (Å²) in [7, 11) is 0. The summed E-state index contributed by atoms with van der Waals surface area (Å²) < 4.78 is 0. The predicted molar refractivity (Wildman–Crippen MR) is 113 cm³/mol.